The van der Waals surface area contributed by atoms with E-state index >= 15 is 0 Å². The second kappa shape index (κ2) is 15.8. The van der Waals surface area contributed by atoms with Crippen molar-refractivity contribution in [2.24, 2.45) is 0 Å². The number of aliphatic hydroxyl groups is 1. The predicted octanol–water partition coefficient (Wildman–Crippen LogP) is 1.65. The Morgan fingerprint density at radius 1 is 1.07 bits per heavy atom. The quantitative estimate of drug-likeness (QED) is 0.164. The van der Waals surface area contributed by atoms with Gasteiger partial charge in [0.2, 0.25) is 11.8 Å². The maximum Gasteiger partial charge on any atom is 0.274 e. The molecule has 0 bridgehead atoms. The fraction of sp³-hybridized carbons (Fsp3) is 0.312. The number of benzene rings is 2. The highest BCUT2D eigenvalue weighted by atomic mass is 16.5. The molecule has 1 heterocycles. The van der Waals surface area contributed by atoms with Crippen molar-refractivity contribution >= 4 is 29.7 Å². The fourth-order valence-electron chi connectivity index (χ4n) is 3.98. The minimum Gasteiger partial charge on any atom is -0.491 e. The molecular weight excluding hydrogens is 580 g/mol. The van der Waals surface area contributed by atoms with E-state index in [1.807, 2.05) is 37.3 Å². The molecule has 4 N–H and O–H groups in total. The van der Waals surface area contributed by atoms with Crippen LogP contribution in [-0.4, -0.2) is 77.7 Å². The third-order valence-corrected chi connectivity index (χ3v) is 6.48. The van der Waals surface area contributed by atoms with Gasteiger partial charge in [-0.2, -0.15) is 5.26 Å². The number of likely N-dealkylation sites (N-methyl/N-ethyl adjacent to an activating group) is 1. The Balaban J connectivity index is 1.79. The number of ether oxygens (including phenoxy) is 1. The van der Waals surface area contributed by atoms with Gasteiger partial charge in [-0.25, -0.2) is 0 Å². The van der Waals surface area contributed by atoms with Gasteiger partial charge in [-0.05, 0) is 50.1 Å². The van der Waals surface area contributed by atoms with Gasteiger partial charge in [0.05, 0.1) is 6.10 Å². The molecule has 0 radical (unpaired) electrons. The molecule has 0 aliphatic heterocycles. The molecule has 0 fully saturated rings. The number of nitrogens with one attached hydrogen (secondary N) is 3. The molecule has 0 aliphatic carbocycles. The molecule has 236 valence electrons. The number of nitrogens with zero attached hydrogens (tertiary/aromatic N) is 3. The first-order chi connectivity index (χ1) is 21.4. The van der Waals surface area contributed by atoms with E-state index in [4.69, 9.17) is 9.26 Å². The molecule has 4 amide bonds. The summed E-state index contributed by atoms with van der Waals surface area (Å²) >= 11 is 0. The zero-order valence-corrected chi connectivity index (χ0v) is 25.7. The Labute approximate surface area is 260 Å². The normalized spacial score (nSPS) is 13.0. The monoisotopic (exact) mass is 616 g/mol. The number of amides is 4. The molecule has 0 aliphatic rings. The molecule has 3 rings (SSSR count). The van der Waals surface area contributed by atoms with Crippen LogP contribution in [0.25, 0.3) is 6.08 Å². The van der Waals surface area contributed by atoms with Gasteiger partial charge in [0, 0.05) is 26.7 Å². The molecule has 1 aromatic heterocycles. The summed E-state index contributed by atoms with van der Waals surface area (Å²) in [6.45, 7) is 4.70. The average molecular weight is 617 g/mol. The lowest BCUT2D eigenvalue weighted by Crippen LogP contribution is -2.58. The molecule has 3 atom stereocenters. The summed E-state index contributed by atoms with van der Waals surface area (Å²) < 4.78 is 10.8. The molecule has 0 saturated heterocycles. The van der Waals surface area contributed by atoms with E-state index in [2.05, 4.69) is 21.1 Å². The molecule has 45 heavy (non-hydrogen) atoms. The molecule has 2 aromatic carbocycles. The number of hydrogen-bond acceptors (Lipinski definition) is 9. The van der Waals surface area contributed by atoms with E-state index in [0.29, 0.717) is 17.1 Å². The number of aryl methyl sites for hydroxylation is 2. The SMILES string of the molecule is Cc1ccc(CNC(=O)C(COc2cccc(C=C(C#N)C(=O)N(C)C)c2)NC(=O)C(NC(=O)c2cc(C)on2)C(C)O)cc1. The van der Waals surface area contributed by atoms with Crippen molar-refractivity contribution in [2.75, 3.05) is 20.7 Å². The number of hydrogen-bond donors (Lipinski definition) is 4. The third-order valence-electron chi connectivity index (χ3n) is 6.48. The Hall–Kier alpha value is -5.48. The lowest BCUT2D eigenvalue weighted by molar-refractivity contribution is -0.132. The van der Waals surface area contributed by atoms with Crippen LogP contribution in [0.4, 0.5) is 0 Å². The van der Waals surface area contributed by atoms with Gasteiger partial charge >= 0.3 is 0 Å². The summed E-state index contributed by atoms with van der Waals surface area (Å²) in [6, 6.07) is 14.6. The Bertz CT molecular complexity index is 1590. The summed E-state index contributed by atoms with van der Waals surface area (Å²) in [5, 5.41) is 31.1. The molecule has 13 heteroatoms. The summed E-state index contributed by atoms with van der Waals surface area (Å²) in [6.07, 6.45) is 0.0801. The largest absolute Gasteiger partial charge is 0.491 e. The van der Waals surface area contributed by atoms with E-state index in [9.17, 15) is 29.5 Å². The van der Waals surface area contributed by atoms with Crippen LogP contribution in [0.1, 0.15) is 39.9 Å². The number of nitriles is 1. The van der Waals surface area contributed by atoms with Crippen molar-refractivity contribution in [1.29, 1.82) is 5.26 Å². The topological polar surface area (TPSA) is 187 Å². The van der Waals surface area contributed by atoms with Crippen molar-refractivity contribution in [2.45, 2.75) is 45.5 Å². The van der Waals surface area contributed by atoms with Crippen LogP contribution in [0, 0.1) is 25.2 Å². The maximum absolute atomic E-state index is 13.3. The molecular formula is C32H36N6O7. The highest BCUT2D eigenvalue weighted by Crippen LogP contribution is 2.17. The summed E-state index contributed by atoms with van der Waals surface area (Å²) in [7, 11) is 3.07. The fourth-order valence-corrected chi connectivity index (χ4v) is 3.98. The number of aliphatic hydroxyl groups excluding tert-OH is 1. The van der Waals surface area contributed by atoms with Gasteiger partial charge in [-0.3, -0.25) is 19.2 Å². The van der Waals surface area contributed by atoms with Crippen molar-refractivity contribution in [3.63, 3.8) is 0 Å². The molecule has 0 saturated carbocycles. The lowest BCUT2D eigenvalue weighted by atomic mass is 10.1. The Kier molecular flexibility index (Phi) is 12.0. The first-order valence-corrected chi connectivity index (χ1v) is 14.0. The molecule has 13 nitrogen and oxygen atoms in total. The third kappa shape index (κ3) is 10.0. The van der Waals surface area contributed by atoms with Gasteiger partial charge in [0.15, 0.2) is 5.69 Å². The van der Waals surface area contributed by atoms with Crippen molar-refractivity contribution in [3.8, 4) is 11.8 Å². The number of carbonyl (C=O) groups is 4. The zero-order valence-electron chi connectivity index (χ0n) is 25.7. The maximum atomic E-state index is 13.3. The zero-order chi connectivity index (χ0) is 33.1. The van der Waals surface area contributed by atoms with Gasteiger partial charge in [0.1, 0.15) is 41.8 Å². The first kappa shape index (κ1) is 34.0. The van der Waals surface area contributed by atoms with Crippen molar-refractivity contribution in [1.82, 2.24) is 26.0 Å². The minimum atomic E-state index is -1.44. The smallest absolute Gasteiger partial charge is 0.274 e. The minimum absolute atomic E-state index is 0.0789. The lowest BCUT2D eigenvalue weighted by Gasteiger charge is -2.24. The van der Waals surface area contributed by atoms with Crippen LogP contribution >= 0.6 is 0 Å². The summed E-state index contributed by atoms with van der Waals surface area (Å²) in [4.78, 5) is 52.7. The highest BCUT2D eigenvalue weighted by Gasteiger charge is 2.31. The highest BCUT2D eigenvalue weighted by molar-refractivity contribution is 6.01. The van der Waals surface area contributed by atoms with Crippen molar-refractivity contribution < 1.29 is 33.5 Å². The molecule has 0 spiro atoms. The van der Waals surface area contributed by atoms with E-state index in [-0.39, 0.29) is 24.4 Å². The van der Waals surface area contributed by atoms with Crippen LogP contribution in [0.3, 0.4) is 0 Å². The van der Waals surface area contributed by atoms with E-state index < -0.39 is 41.8 Å². The van der Waals surface area contributed by atoms with Gasteiger partial charge < -0.3 is 35.2 Å². The first-order valence-electron chi connectivity index (χ1n) is 14.0. The second-order valence-corrected chi connectivity index (χ2v) is 10.5. The van der Waals surface area contributed by atoms with E-state index in [1.54, 1.807) is 31.2 Å². The summed E-state index contributed by atoms with van der Waals surface area (Å²) in [5.74, 6) is -1.95. The van der Waals surface area contributed by atoms with Crippen LogP contribution in [0.15, 0.2) is 64.7 Å². The van der Waals surface area contributed by atoms with Gasteiger partial charge in [-0.15, -0.1) is 0 Å². The predicted molar refractivity (Wildman–Crippen MR) is 163 cm³/mol. The standard InChI is InChI=1S/C32H36N6O7/c1-19-9-11-22(12-10-19)17-34-29(40)27(35-31(42)28(21(3)39)36-30(41)26-13-20(2)45-37-26)18-44-25-8-6-7-23(15-25)14-24(16-33)32(43)38(4)5/h6-15,21,27-28,39H,17-18H2,1-5H3,(H,34,40)(H,35,42)(H,36,41). The molecule has 3 unspecified atom stereocenters. The van der Waals surface area contributed by atoms with Crippen LogP contribution < -0.4 is 20.7 Å². The average Bonchev–Trinajstić information content (AvgIpc) is 3.45. The number of carbonyl (C=O) groups excluding carboxylic acids is 4. The van der Waals surface area contributed by atoms with Crippen LogP contribution in [0.2, 0.25) is 0 Å². The second-order valence-electron chi connectivity index (χ2n) is 10.5. The van der Waals surface area contributed by atoms with Gasteiger partial charge in [0.25, 0.3) is 11.8 Å². The Morgan fingerprint density at radius 3 is 2.38 bits per heavy atom. The van der Waals surface area contributed by atoms with Crippen molar-refractivity contribution in [3.05, 3.63) is 88.3 Å². The van der Waals surface area contributed by atoms with Crippen LogP contribution in [-0.2, 0) is 20.9 Å². The van der Waals surface area contributed by atoms with E-state index in [0.717, 1.165) is 11.1 Å². The van der Waals surface area contributed by atoms with Crippen LogP contribution in [0.5, 0.6) is 5.75 Å². The number of rotatable bonds is 13. The Morgan fingerprint density at radius 2 is 1.78 bits per heavy atom. The molecule has 3 aromatic rings. The van der Waals surface area contributed by atoms with Gasteiger partial charge in [-0.1, -0.05) is 47.1 Å². The summed E-state index contributed by atoms with van der Waals surface area (Å²) in [5.41, 5.74) is 2.23. The van der Waals surface area contributed by atoms with E-state index in [1.165, 1.54) is 38.1 Å². The number of aromatic nitrogens is 1.